The Morgan fingerprint density at radius 1 is 1.53 bits per heavy atom. The Balaban J connectivity index is 2.66. The molecule has 0 aliphatic heterocycles. The lowest BCUT2D eigenvalue weighted by atomic mass is 9.89. The summed E-state index contributed by atoms with van der Waals surface area (Å²) in [5.41, 5.74) is 6.44. The molecule has 0 atom stereocenters. The fourth-order valence-electron chi connectivity index (χ4n) is 1.29. The minimum absolute atomic E-state index is 0.0792. The molecule has 4 heteroatoms. The minimum Gasteiger partial charge on any atom is -0.383 e. The molecule has 1 aromatic rings. The Kier molecular flexibility index (Phi) is 3.17. The molecule has 84 valence electrons. The first-order valence-electron chi connectivity index (χ1n) is 5.12. The second kappa shape index (κ2) is 4.04. The van der Waals surface area contributed by atoms with E-state index < -0.39 is 0 Å². The van der Waals surface area contributed by atoms with E-state index in [1.165, 1.54) is 4.68 Å². The molecule has 0 radical (unpaired) electrons. The summed E-state index contributed by atoms with van der Waals surface area (Å²) in [4.78, 5) is 11.8. The predicted octanol–water partition coefficient (Wildman–Crippen LogP) is 2.01. The van der Waals surface area contributed by atoms with Gasteiger partial charge >= 0.3 is 0 Å². The molecule has 4 nitrogen and oxygen atoms in total. The zero-order chi connectivity index (χ0) is 11.6. The summed E-state index contributed by atoms with van der Waals surface area (Å²) in [5.74, 6) is 0.532. The Hall–Kier alpha value is -1.32. The van der Waals surface area contributed by atoms with Crippen molar-refractivity contribution in [2.45, 2.75) is 33.6 Å². The third kappa shape index (κ3) is 3.08. The average molecular weight is 209 g/mol. The number of Topliss-reactive ketones (excluding diaryl/α,β-unsaturated/α-hetero) is 1. The first-order chi connectivity index (χ1) is 6.81. The highest BCUT2D eigenvalue weighted by molar-refractivity contribution is 5.99. The van der Waals surface area contributed by atoms with Crippen molar-refractivity contribution in [3.05, 3.63) is 11.8 Å². The maximum absolute atomic E-state index is 11.8. The number of rotatable bonds is 3. The number of aromatic nitrogens is 2. The topological polar surface area (TPSA) is 60.9 Å². The second-order valence-electron chi connectivity index (χ2n) is 5.05. The third-order valence-corrected chi connectivity index (χ3v) is 2.39. The van der Waals surface area contributed by atoms with Crippen molar-refractivity contribution >= 4 is 11.6 Å². The van der Waals surface area contributed by atoms with Gasteiger partial charge in [-0.3, -0.25) is 9.48 Å². The molecule has 0 bridgehead atoms. The molecule has 0 amide bonds. The zero-order valence-electron chi connectivity index (χ0n) is 9.87. The Morgan fingerprint density at radius 2 is 2.13 bits per heavy atom. The van der Waals surface area contributed by atoms with E-state index in [0.717, 1.165) is 6.42 Å². The number of carbonyl (C=O) groups is 1. The molecule has 0 saturated carbocycles. The van der Waals surface area contributed by atoms with Crippen LogP contribution in [-0.2, 0) is 7.05 Å². The van der Waals surface area contributed by atoms with Gasteiger partial charge in [-0.25, -0.2) is 0 Å². The summed E-state index contributed by atoms with van der Waals surface area (Å²) in [6.45, 7) is 6.35. The molecule has 0 aliphatic carbocycles. The number of nitrogens with two attached hydrogens (primary N) is 1. The van der Waals surface area contributed by atoms with E-state index >= 15 is 0 Å². The van der Waals surface area contributed by atoms with Crippen molar-refractivity contribution in [2.75, 3.05) is 5.73 Å². The summed E-state index contributed by atoms with van der Waals surface area (Å²) < 4.78 is 1.52. The fraction of sp³-hybridized carbons (Fsp3) is 0.636. The van der Waals surface area contributed by atoms with Crippen LogP contribution in [0.15, 0.2) is 6.20 Å². The van der Waals surface area contributed by atoms with Gasteiger partial charge in [0.1, 0.15) is 5.82 Å². The fourth-order valence-corrected chi connectivity index (χ4v) is 1.29. The van der Waals surface area contributed by atoms with Crippen molar-refractivity contribution in [2.24, 2.45) is 12.5 Å². The maximum atomic E-state index is 11.8. The summed E-state index contributed by atoms with van der Waals surface area (Å²) >= 11 is 0. The smallest absolute Gasteiger partial charge is 0.168 e. The monoisotopic (exact) mass is 209 g/mol. The molecule has 0 fully saturated rings. The molecule has 15 heavy (non-hydrogen) atoms. The molecule has 1 aromatic heterocycles. The molecule has 1 rings (SSSR count). The van der Waals surface area contributed by atoms with Crippen LogP contribution in [0.2, 0.25) is 0 Å². The van der Waals surface area contributed by atoms with Crippen LogP contribution in [0.4, 0.5) is 5.82 Å². The standard InChI is InChI=1S/C11H19N3O/c1-11(2,3)6-5-9(15)8-7-13-14(4)10(8)12/h7H,5-6,12H2,1-4H3. The van der Waals surface area contributed by atoms with Gasteiger partial charge in [0.2, 0.25) is 0 Å². The molecule has 0 aliphatic rings. The molecule has 0 saturated heterocycles. The van der Waals surface area contributed by atoms with Gasteiger partial charge in [-0.1, -0.05) is 20.8 Å². The number of carbonyl (C=O) groups excluding carboxylic acids is 1. The molecule has 2 N–H and O–H groups in total. The number of hydrogen-bond acceptors (Lipinski definition) is 3. The summed E-state index contributed by atoms with van der Waals surface area (Å²) in [5, 5.41) is 3.95. The molecule has 1 heterocycles. The number of ketones is 1. The maximum Gasteiger partial charge on any atom is 0.168 e. The Bertz CT molecular complexity index is 360. The molecular formula is C11H19N3O. The minimum atomic E-state index is 0.0792. The van der Waals surface area contributed by atoms with Crippen LogP contribution in [-0.4, -0.2) is 15.6 Å². The lowest BCUT2D eigenvalue weighted by Gasteiger charge is -2.16. The lowest BCUT2D eigenvalue weighted by molar-refractivity contribution is 0.0967. The summed E-state index contributed by atoms with van der Waals surface area (Å²) in [6.07, 6.45) is 2.93. The van der Waals surface area contributed by atoms with Crippen molar-refractivity contribution in [1.82, 2.24) is 9.78 Å². The summed E-state index contributed by atoms with van der Waals surface area (Å²) in [6, 6.07) is 0. The van der Waals surface area contributed by atoms with E-state index in [1.807, 2.05) is 0 Å². The number of anilines is 1. The highest BCUT2D eigenvalue weighted by atomic mass is 16.1. The van der Waals surface area contributed by atoms with Gasteiger partial charge in [0.25, 0.3) is 0 Å². The van der Waals surface area contributed by atoms with E-state index in [4.69, 9.17) is 5.73 Å². The quantitative estimate of drug-likeness (QED) is 0.775. The first-order valence-corrected chi connectivity index (χ1v) is 5.12. The third-order valence-electron chi connectivity index (χ3n) is 2.39. The van der Waals surface area contributed by atoms with Gasteiger partial charge in [0.05, 0.1) is 11.8 Å². The van der Waals surface area contributed by atoms with Crippen LogP contribution in [0.3, 0.4) is 0 Å². The van der Waals surface area contributed by atoms with Gasteiger partial charge in [-0.2, -0.15) is 5.10 Å². The van der Waals surface area contributed by atoms with Gasteiger partial charge in [-0.15, -0.1) is 0 Å². The van der Waals surface area contributed by atoms with Crippen LogP contribution in [0.1, 0.15) is 44.0 Å². The normalized spacial score (nSPS) is 11.7. The van der Waals surface area contributed by atoms with Crippen LogP contribution in [0.25, 0.3) is 0 Å². The highest BCUT2D eigenvalue weighted by Crippen LogP contribution is 2.23. The summed E-state index contributed by atoms with van der Waals surface area (Å²) in [7, 11) is 1.73. The number of aryl methyl sites for hydroxylation is 1. The van der Waals surface area contributed by atoms with Crippen LogP contribution >= 0.6 is 0 Å². The largest absolute Gasteiger partial charge is 0.383 e. The van der Waals surface area contributed by atoms with Crippen molar-refractivity contribution in [3.63, 3.8) is 0 Å². The van der Waals surface area contributed by atoms with E-state index in [2.05, 4.69) is 25.9 Å². The predicted molar refractivity (Wildman–Crippen MR) is 60.6 cm³/mol. The Labute approximate surface area is 90.5 Å². The second-order valence-corrected chi connectivity index (χ2v) is 5.05. The SMILES string of the molecule is Cn1ncc(C(=O)CCC(C)(C)C)c1N. The average Bonchev–Trinajstić information content (AvgIpc) is 2.43. The van der Waals surface area contributed by atoms with Gasteiger partial charge in [-0.05, 0) is 11.8 Å². The van der Waals surface area contributed by atoms with Gasteiger partial charge < -0.3 is 5.73 Å². The molecule has 0 aromatic carbocycles. The van der Waals surface area contributed by atoms with E-state index in [1.54, 1.807) is 13.2 Å². The van der Waals surface area contributed by atoms with Crippen molar-refractivity contribution in [1.29, 1.82) is 0 Å². The molecular weight excluding hydrogens is 190 g/mol. The van der Waals surface area contributed by atoms with Crippen molar-refractivity contribution < 1.29 is 4.79 Å². The van der Waals surface area contributed by atoms with Crippen molar-refractivity contribution in [3.8, 4) is 0 Å². The number of nitrogen functional groups attached to an aromatic ring is 1. The highest BCUT2D eigenvalue weighted by Gasteiger charge is 2.17. The van der Waals surface area contributed by atoms with Gasteiger partial charge in [0.15, 0.2) is 5.78 Å². The Morgan fingerprint density at radius 3 is 2.53 bits per heavy atom. The number of hydrogen-bond donors (Lipinski definition) is 1. The van der Waals surface area contributed by atoms with Crippen LogP contribution in [0.5, 0.6) is 0 Å². The first kappa shape index (κ1) is 11.8. The van der Waals surface area contributed by atoms with E-state index in [-0.39, 0.29) is 11.2 Å². The molecule has 0 unspecified atom stereocenters. The molecule has 0 spiro atoms. The lowest BCUT2D eigenvalue weighted by Crippen LogP contribution is -2.10. The number of nitrogens with zero attached hydrogens (tertiary/aromatic N) is 2. The van der Waals surface area contributed by atoms with Crippen LogP contribution in [0, 0.1) is 5.41 Å². The van der Waals surface area contributed by atoms with E-state index in [9.17, 15) is 4.79 Å². The van der Waals surface area contributed by atoms with Gasteiger partial charge in [0, 0.05) is 13.5 Å². The van der Waals surface area contributed by atoms with E-state index in [0.29, 0.717) is 17.8 Å². The zero-order valence-corrected chi connectivity index (χ0v) is 9.87. The van der Waals surface area contributed by atoms with Crippen LogP contribution < -0.4 is 5.73 Å².